The number of hydrogen-bond donors (Lipinski definition) is 1. The molecule has 0 spiro atoms. The molecule has 0 saturated carbocycles. The Labute approximate surface area is 93.3 Å². The second-order valence-corrected chi connectivity index (χ2v) is 4.21. The first-order valence-electron chi connectivity index (χ1n) is 4.74. The highest BCUT2D eigenvalue weighted by atomic mass is 32.2. The summed E-state index contributed by atoms with van der Waals surface area (Å²) in [5.41, 5.74) is 6.68. The zero-order valence-corrected chi connectivity index (χ0v) is 9.19. The molecule has 0 bridgehead atoms. The molecule has 1 rings (SSSR count). The van der Waals surface area contributed by atoms with Crippen molar-refractivity contribution in [1.82, 2.24) is 0 Å². The van der Waals surface area contributed by atoms with Crippen molar-refractivity contribution in [2.24, 2.45) is 5.73 Å². The van der Waals surface area contributed by atoms with E-state index in [0.29, 0.717) is 12.1 Å². The number of hydrogen-bond acceptors (Lipinski definition) is 3. The van der Waals surface area contributed by atoms with Crippen molar-refractivity contribution in [3.8, 4) is 6.07 Å². The van der Waals surface area contributed by atoms with Crippen molar-refractivity contribution in [2.45, 2.75) is 12.2 Å². The molecule has 0 fully saturated rings. The lowest BCUT2D eigenvalue weighted by Gasteiger charge is -2.03. The van der Waals surface area contributed by atoms with Crippen molar-refractivity contribution < 1.29 is 4.39 Å². The summed E-state index contributed by atoms with van der Waals surface area (Å²) in [7, 11) is 0. The Morgan fingerprint density at radius 2 is 2.27 bits per heavy atom. The van der Waals surface area contributed by atoms with Gasteiger partial charge in [-0.3, -0.25) is 0 Å². The molecule has 2 nitrogen and oxygen atoms in total. The molecule has 0 unspecified atom stereocenters. The third-order valence-electron chi connectivity index (χ3n) is 1.94. The molecule has 0 aromatic heterocycles. The molecule has 0 aliphatic rings. The summed E-state index contributed by atoms with van der Waals surface area (Å²) in [5.74, 6) is 1.35. The Kier molecular flexibility index (Phi) is 5.16. The van der Waals surface area contributed by atoms with Crippen molar-refractivity contribution >= 4 is 11.8 Å². The van der Waals surface area contributed by atoms with Gasteiger partial charge >= 0.3 is 0 Å². The maximum atomic E-state index is 12.8. The van der Waals surface area contributed by atoms with Gasteiger partial charge in [-0.1, -0.05) is 6.07 Å². The Balaban J connectivity index is 2.57. The first kappa shape index (κ1) is 12.0. The van der Waals surface area contributed by atoms with Crippen LogP contribution in [0.3, 0.4) is 0 Å². The molecule has 0 atom stereocenters. The standard InChI is InChI=1S/C11H13FN2S/c12-11-3-2-9(10(6-11)7-14)8-15-5-1-4-13/h2-3,6H,1,4-5,8,13H2. The molecule has 0 amide bonds. The van der Waals surface area contributed by atoms with Crippen LogP contribution in [0, 0.1) is 17.1 Å². The first-order valence-corrected chi connectivity index (χ1v) is 5.89. The maximum absolute atomic E-state index is 12.8. The van der Waals surface area contributed by atoms with Crippen LogP contribution in [0.1, 0.15) is 17.5 Å². The fourth-order valence-corrected chi connectivity index (χ4v) is 2.13. The average Bonchev–Trinajstić information content (AvgIpc) is 2.26. The van der Waals surface area contributed by atoms with Gasteiger partial charge in [0.1, 0.15) is 5.82 Å². The van der Waals surface area contributed by atoms with Crippen LogP contribution in [0.4, 0.5) is 4.39 Å². The summed E-state index contributed by atoms with van der Waals surface area (Å²) < 4.78 is 12.8. The van der Waals surface area contributed by atoms with Crippen LogP contribution in [0.5, 0.6) is 0 Å². The number of nitrogens with zero attached hydrogens (tertiary/aromatic N) is 1. The summed E-state index contributed by atoms with van der Waals surface area (Å²) in [4.78, 5) is 0. The molecular formula is C11H13FN2S. The molecule has 15 heavy (non-hydrogen) atoms. The number of thioether (sulfide) groups is 1. The molecule has 0 aliphatic heterocycles. The summed E-state index contributed by atoms with van der Waals surface area (Å²) >= 11 is 1.71. The minimum Gasteiger partial charge on any atom is -0.330 e. The van der Waals surface area contributed by atoms with E-state index in [9.17, 15) is 4.39 Å². The quantitative estimate of drug-likeness (QED) is 0.781. The van der Waals surface area contributed by atoms with Crippen molar-refractivity contribution in [3.63, 3.8) is 0 Å². The maximum Gasteiger partial charge on any atom is 0.124 e. The lowest BCUT2D eigenvalue weighted by atomic mass is 10.1. The highest BCUT2D eigenvalue weighted by Crippen LogP contribution is 2.17. The van der Waals surface area contributed by atoms with E-state index in [-0.39, 0.29) is 5.82 Å². The van der Waals surface area contributed by atoms with Crippen molar-refractivity contribution in [3.05, 3.63) is 35.1 Å². The van der Waals surface area contributed by atoms with Gasteiger partial charge < -0.3 is 5.73 Å². The lowest BCUT2D eigenvalue weighted by molar-refractivity contribution is 0.627. The summed E-state index contributed by atoms with van der Waals surface area (Å²) in [6.07, 6.45) is 0.966. The van der Waals surface area contributed by atoms with E-state index in [2.05, 4.69) is 0 Å². The van der Waals surface area contributed by atoms with Crippen LogP contribution < -0.4 is 5.73 Å². The van der Waals surface area contributed by atoms with Gasteiger partial charge in [-0.25, -0.2) is 4.39 Å². The predicted molar refractivity (Wildman–Crippen MR) is 60.9 cm³/mol. The van der Waals surface area contributed by atoms with Gasteiger partial charge in [-0.05, 0) is 36.4 Å². The number of benzene rings is 1. The van der Waals surface area contributed by atoms with Crippen LogP contribution in [0.15, 0.2) is 18.2 Å². The third kappa shape index (κ3) is 3.90. The van der Waals surface area contributed by atoms with E-state index in [0.717, 1.165) is 23.5 Å². The van der Waals surface area contributed by atoms with Gasteiger partial charge in [0.05, 0.1) is 11.6 Å². The second kappa shape index (κ2) is 6.44. The van der Waals surface area contributed by atoms with Crippen LogP contribution in [0.25, 0.3) is 0 Å². The Hall–Kier alpha value is -1.05. The molecule has 0 heterocycles. The molecule has 1 aromatic rings. The van der Waals surface area contributed by atoms with E-state index in [4.69, 9.17) is 11.0 Å². The smallest absolute Gasteiger partial charge is 0.124 e. The predicted octanol–water partition coefficient (Wildman–Crippen LogP) is 2.28. The third-order valence-corrected chi connectivity index (χ3v) is 3.04. The Morgan fingerprint density at radius 3 is 2.93 bits per heavy atom. The Morgan fingerprint density at radius 1 is 1.47 bits per heavy atom. The fraction of sp³-hybridized carbons (Fsp3) is 0.364. The molecule has 0 aliphatic carbocycles. The van der Waals surface area contributed by atoms with E-state index in [1.165, 1.54) is 12.1 Å². The average molecular weight is 224 g/mol. The number of nitriles is 1. The van der Waals surface area contributed by atoms with Gasteiger partial charge in [0, 0.05) is 5.75 Å². The largest absolute Gasteiger partial charge is 0.330 e. The van der Waals surface area contributed by atoms with Crippen LogP contribution in [-0.2, 0) is 5.75 Å². The molecule has 0 saturated heterocycles. The number of halogens is 1. The molecule has 0 radical (unpaired) electrons. The fourth-order valence-electron chi connectivity index (χ4n) is 1.15. The van der Waals surface area contributed by atoms with Crippen LogP contribution in [-0.4, -0.2) is 12.3 Å². The number of nitrogens with two attached hydrogens (primary N) is 1. The molecule has 1 aromatic carbocycles. The van der Waals surface area contributed by atoms with Gasteiger partial charge in [0.25, 0.3) is 0 Å². The Bertz CT molecular complexity index is 360. The minimum absolute atomic E-state index is 0.359. The van der Waals surface area contributed by atoms with Gasteiger partial charge in [0.2, 0.25) is 0 Å². The van der Waals surface area contributed by atoms with Crippen molar-refractivity contribution in [1.29, 1.82) is 5.26 Å². The minimum atomic E-state index is -0.359. The monoisotopic (exact) mass is 224 g/mol. The second-order valence-electron chi connectivity index (χ2n) is 3.11. The summed E-state index contributed by atoms with van der Waals surface area (Å²) in [6.45, 7) is 0.682. The zero-order valence-electron chi connectivity index (χ0n) is 8.37. The van der Waals surface area contributed by atoms with Crippen LogP contribution >= 0.6 is 11.8 Å². The first-order chi connectivity index (χ1) is 7.27. The van der Waals surface area contributed by atoms with E-state index in [1.807, 2.05) is 6.07 Å². The number of rotatable bonds is 5. The highest BCUT2D eigenvalue weighted by Gasteiger charge is 2.03. The van der Waals surface area contributed by atoms with Gasteiger partial charge in [0.15, 0.2) is 0 Å². The lowest BCUT2D eigenvalue weighted by Crippen LogP contribution is -1.99. The van der Waals surface area contributed by atoms with Gasteiger partial charge in [-0.2, -0.15) is 17.0 Å². The van der Waals surface area contributed by atoms with E-state index in [1.54, 1.807) is 17.8 Å². The topological polar surface area (TPSA) is 49.8 Å². The van der Waals surface area contributed by atoms with Gasteiger partial charge in [-0.15, -0.1) is 0 Å². The molecule has 80 valence electrons. The summed E-state index contributed by atoms with van der Waals surface area (Å²) in [5, 5.41) is 8.80. The SMILES string of the molecule is N#Cc1cc(F)ccc1CSCCCN. The van der Waals surface area contributed by atoms with E-state index >= 15 is 0 Å². The van der Waals surface area contributed by atoms with Crippen molar-refractivity contribution in [2.75, 3.05) is 12.3 Å². The highest BCUT2D eigenvalue weighted by molar-refractivity contribution is 7.98. The van der Waals surface area contributed by atoms with E-state index < -0.39 is 0 Å². The normalized spacial score (nSPS) is 9.93. The zero-order chi connectivity index (χ0) is 11.1. The summed E-state index contributed by atoms with van der Waals surface area (Å²) in [6, 6.07) is 6.33. The van der Waals surface area contributed by atoms with Crippen LogP contribution in [0.2, 0.25) is 0 Å². The molecule has 2 N–H and O–H groups in total. The molecule has 4 heteroatoms. The molecular weight excluding hydrogens is 211 g/mol.